The minimum atomic E-state index is -0.329. The summed E-state index contributed by atoms with van der Waals surface area (Å²) in [4.78, 5) is 17.9. The van der Waals surface area contributed by atoms with Crippen LogP contribution in [0.5, 0.6) is 0 Å². The standard InChI is InChI=1S/C11H16N2O2S2/c1-8-12-9(6-17-8)5-16-7-11(15)13-3-2-10(14)4-13/h6,10,14H,2-5,7H2,1H3. The highest BCUT2D eigenvalue weighted by atomic mass is 32.2. The molecule has 1 amide bonds. The predicted molar refractivity (Wildman–Crippen MR) is 70.2 cm³/mol. The van der Waals surface area contributed by atoms with Crippen LogP contribution in [0.4, 0.5) is 0 Å². The van der Waals surface area contributed by atoms with Gasteiger partial charge in [-0.15, -0.1) is 23.1 Å². The molecule has 1 aliphatic heterocycles. The number of aliphatic hydroxyl groups is 1. The van der Waals surface area contributed by atoms with Crippen LogP contribution in [-0.4, -0.2) is 45.8 Å². The number of β-amino-alcohol motifs (C(OH)–C–C–N with tert-alkyl or cyclic N) is 1. The summed E-state index contributed by atoms with van der Waals surface area (Å²) >= 11 is 3.22. The molecule has 1 unspecified atom stereocenters. The van der Waals surface area contributed by atoms with Crippen molar-refractivity contribution >= 4 is 29.0 Å². The fourth-order valence-corrected chi connectivity index (χ4v) is 3.31. The molecule has 6 heteroatoms. The summed E-state index contributed by atoms with van der Waals surface area (Å²) in [5.41, 5.74) is 1.05. The van der Waals surface area contributed by atoms with Crippen LogP contribution < -0.4 is 0 Å². The number of rotatable bonds is 4. The third-order valence-electron chi connectivity index (χ3n) is 2.66. The molecule has 1 aromatic rings. The lowest BCUT2D eigenvalue weighted by Crippen LogP contribution is -2.31. The van der Waals surface area contributed by atoms with Crippen molar-refractivity contribution in [1.29, 1.82) is 0 Å². The number of amides is 1. The Balaban J connectivity index is 1.70. The van der Waals surface area contributed by atoms with Gasteiger partial charge in [0.25, 0.3) is 0 Å². The van der Waals surface area contributed by atoms with Crippen LogP contribution in [0.15, 0.2) is 5.38 Å². The lowest BCUT2D eigenvalue weighted by molar-refractivity contribution is -0.127. The number of aliphatic hydroxyl groups excluding tert-OH is 1. The van der Waals surface area contributed by atoms with Crippen LogP contribution in [0.25, 0.3) is 0 Å². The highest BCUT2D eigenvalue weighted by molar-refractivity contribution is 7.99. The van der Waals surface area contributed by atoms with Gasteiger partial charge in [0.15, 0.2) is 0 Å². The Hall–Kier alpha value is -0.590. The van der Waals surface area contributed by atoms with Gasteiger partial charge in [0, 0.05) is 24.2 Å². The van der Waals surface area contributed by atoms with Crippen molar-refractivity contribution in [2.24, 2.45) is 0 Å². The molecule has 0 saturated carbocycles. The van der Waals surface area contributed by atoms with Crippen molar-refractivity contribution in [2.75, 3.05) is 18.8 Å². The Bertz CT molecular complexity index is 395. The number of nitrogens with zero attached hydrogens (tertiary/aromatic N) is 2. The molecule has 0 spiro atoms. The summed E-state index contributed by atoms with van der Waals surface area (Å²) in [6.07, 6.45) is 0.381. The Kier molecular flexibility index (Phi) is 4.42. The lowest BCUT2D eigenvalue weighted by Gasteiger charge is -2.14. The van der Waals surface area contributed by atoms with Crippen molar-refractivity contribution in [2.45, 2.75) is 25.2 Å². The maximum Gasteiger partial charge on any atom is 0.232 e. The normalized spacial score (nSPS) is 19.9. The Labute approximate surface area is 109 Å². The Morgan fingerprint density at radius 1 is 1.76 bits per heavy atom. The number of aromatic nitrogens is 1. The van der Waals surface area contributed by atoms with Gasteiger partial charge in [-0.25, -0.2) is 4.98 Å². The maximum absolute atomic E-state index is 11.8. The van der Waals surface area contributed by atoms with E-state index in [0.717, 1.165) is 16.5 Å². The van der Waals surface area contributed by atoms with E-state index in [1.165, 1.54) is 0 Å². The fourth-order valence-electron chi connectivity index (χ4n) is 1.78. The van der Waals surface area contributed by atoms with E-state index in [2.05, 4.69) is 4.98 Å². The number of aryl methyl sites for hydroxylation is 1. The van der Waals surface area contributed by atoms with Gasteiger partial charge in [0.2, 0.25) is 5.91 Å². The number of hydrogen-bond acceptors (Lipinski definition) is 5. The van der Waals surface area contributed by atoms with Gasteiger partial charge in [0.1, 0.15) is 0 Å². The van der Waals surface area contributed by atoms with Gasteiger partial charge in [-0.05, 0) is 13.3 Å². The summed E-state index contributed by atoms with van der Waals surface area (Å²) < 4.78 is 0. The first-order chi connectivity index (χ1) is 8.15. The van der Waals surface area contributed by atoms with E-state index < -0.39 is 0 Å². The summed E-state index contributed by atoms with van der Waals surface area (Å²) in [7, 11) is 0. The minimum absolute atomic E-state index is 0.124. The molecule has 1 aromatic heterocycles. The van der Waals surface area contributed by atoms with Crippen molar-refractivity contribution in [1.82, 2.24) is 9.88 Å². The summed E-state index contributed by atoms with van der Waals surface area (Å²) in [6, 6.07) is 0. The number of carbonyl (C=O) groups excluding carboxylic acids is 1. The minimum Gasteiger partial charge on any atom is -0.391 e. The Morgan fingerprint density at radius 3 is 3.18 bits per heavy atom. The smallest absolute Gasteiger partial charge is 0.232 e. The average Bonchev–Trinajstić information content (AvgIpc) is 2.88. The van der Waals surface area contributed by atoms with E-state index in [-0.39, 0.29) is 12.0 Å². The first-order valence-electron chi connectivity index (χ1n) is 5.60. The number of thiazole rings is 1. The third-order valence-corrected chi connectivity index (χ3v) is 4.43. The second-order valence-corrected chi connectivity index (χ2v) is 6.18. The first-order valence-corrected chi connectivity index (χ1v) is 7.63. The van der Waals surface area contributed by atoms with Crippen LogP contribution in [0.2, 0.25) is 0 Å². The van der Waals surface area contributed by atoms with Crippen molar-refractivity contribution in [3.63, 3.8) is 0 Å². The van der Waals surface area contributed by atoms with Crippen molar-refractivity contribution in [3.8, 4) is 0 Å². The number of likely N-dealkylation sites (tertiary alicyclic amines) is 1. The van der Waals surface area contributed by atoms with E-state index in [4.69, 9.17) is 0 Å². The molecule has 94 valence electrons. The van der Waals surface area contributed by atoms with Gasteiger partial charge in [0.05, 0.1) is 22.6 Å². The number of carbonyl (C=O) groups is 1. The van der Waals surface area contributed by atoms with Crippen LogP contribution in [0.3, 0.4) is 0 Å². The van der Waals surface area contributed by atoms with E-state index in [1.807, 2.05) is 12.3 Å². The molecule has 1 saturated heterocycles. The van der Waals surface area contributed by atoms with E-state index in [0.29, 0.717) is 25.3 Å². The number of thioether (sulfide) groups is 1. The molecule has 17 heavy (non-hydrogen) atoms. The number of hydrogen-bond donors (Lipinski definition) is 1. The molecule has 0 aliphatic carbocycles. The second-order valence-electron chi connectivity index (χ2n) is 4.13. The monoisotopic (exact) mass is 272 g/mol. The first kappa shape index (κ1) is 12.9. The van der Waals surface area contributed by atoms with Gasteiger partial charge < -0.3 is 10.0 Å². The van der Waals surface area contributed by atoms with E-state index >= 15 is 0 Å². The summed E-state index contributed by atoms with van der Waals surface area (Å²) in [5, 5.41) is 12.4. The molecule has 2 heterocycles. The molecule has 1 fully saturated rings. The van der Waals surface area contributed by atoms with Crippen LogP contribution in [0.1, 0.15) is 17.1 Å². The third kappa shape index (κ3) is 3.69. The molecule has 4 nitrogen and oxygen atoms in total. The Morgan fingerprint density at radius 2 is 2.59 bits per heavy atom. The highest BCUT2D eigenvalue weighted by Gasteiger charge is 2.23. The van der Waals surface area contributed by atoms with Crippen LogP contribution in [0, 0.1) is 6.92 Å². The average molecular weight is 272 g/mol. The molecular formula is C11H16N2O2S2. The SMILES string of the molecule is Cc1nc(CSCC(=O)N2CCC(O)C2)cs1. The molecule has 0 aromatic carbocycles. The molecule has 0 bridgehead atoms. The largest absolute Gasteiger partial charge is 0.391 e. The summed E-state index contributed by atoms with van der Waals surface area (Å²) in [5.74, 6) is 1.38. The second kappa shape index (κ2) is 5.84. The highest BCUT2D eigenvalue weighted by Crippen LogP contribution is 2.17. The van der Waals surface area contributed by atoms with Crippen molar-refractivity contribution < 1.29 is 9.90 Å². The van der Waals surface area contributed by atoms with E-state index in [1.54, 1.807) is 28.0 Å². The quantitative estimate of drug-likeness (QED) is 0.897. The molecule has 1 aliphatic rings. The van der Waals surface area contributed by atoms with E-state index in [9.17, 15) is 9.90 Å². The zero-order valence-electron chi connectivity index (χ0n) is 9.76. The van der Waals surface area contributed by atoms with Crippen LogP contribution >= 0.6 is 23.1 Å². The molecule has 0 radical (unpaired) electrons. The fraction of sp³-hybridized carbons (Fsp3) is 0.636. The zero-order valence-corrected chi connectivity index (χ0v) is 11.4. The maximum atomic E-state index is 11.8. The predicted octanol–water partition coefficient (Wildman–Crippen LogP) is 1.28. The topological polar surface area (TPSA) is 53.4 Å². The van der Waals surface area contributed by atoms with Gasteiger partial charge >= 0.3 is 0 Å². The lowest BCUT2D eigenvalue weighted by atomic mass is 10.3. The van der Waals surface area contributed by atoms with Gasteiger partial charge in [-0.1, -0.05) is 0 Å². The zero-order chi connectivity index (χ0) is 12.3. The molecule has 2 rings (SSSR count). The molecular weight excluding hydrogens is 256 g/mol. The summed E-state index contributed by atoms with van der Waals surface area (Å²) in [6.45, 7) is 3.17. The van der Waals surface area contributed by atoms with Gasteiger partial charge in [-0.2, -0.15) is 0 Å². The molecule has 1 atom stereocenters. The van der Waals surface area contributed by atoms with Crippen molar-refractivity contribution in [3.05, 3.63) is 16.1 Å². The molecule has 1 N–H and O–H groups in total. The van der Waals surface area contributed by atoms with Gasteiger partial charge in [-0.3, -0.25) is 4.79 Å². The van der Waals surface area contributed by atoms with Crippen LogP contribution in [-0.2, 0) is 10.5 Å².